The zero-order valence-corrected chi connectivity index (χ0v) is 10.0. The van der Waals surface area contributed by atoms with Crippen LogP contribution in [-0.4, -0.2) is 30.9 Å². The van der Waals surface area contributed by atoms with Crippen molar-refractivity contribution in [2.75, 3.05) is 20.1 Å². The monoisotopic (exact) mass is 212 g/mol. The predicted octanol–water partition coefficient (Wildman–Crippen LogP) is 1.62. The molecule has 0 aromatic heterocycles. The van der Waals surface area contributed by atoms with Gasteiger partial charge >= 0.3 is 0 Å². The minimum absolute atomic E-state index is 0.294. The van der Waals surface area contributed by atoms with E-state index in [0.29, 0.717) is 24.3 Å². The Morgan fingerprint density at radius 2 is 2.07 bits per heavy atom. The van der Waals surface area contributed by atoms with Crippen molar-refractivity contribution in [3.05, 3.63) is 0 Å². The van der Waals surface area contributed by atoms with Crippen LogP contribution in [-0.2, 0) is 4.79 Å². The molecule has 3 heteroatoms. The van der Waals surface area contributed by atoms with Crippen molar-refractivity contribution in [2.45, 2.75) is 39.0 Å². The first-order valence-corrected chi connectivity index (χ1v) is 6.07. The molecule has 1 aliphatic carbocycles. The van der Waals surface area contributed by atoms with Gasteiger partial charge in [-0.1, -0.05) is 19.8 Å². The minimum atomic E-state index is 0.294. The van der Waals surface area contributed by atoms with Crippen molar-refractivity contribution in [3.8, 4) is 0 Å². The zero-order valence-electron chi connectivity index (χ0n) is 10.0. The van der Waals surface area contributed by atoms with Crippen molar-refractivity contribution >= 4 is 5.91 Å². The number of nitrogens with zero attached hydrogens (tertiary/aromatic N) is 1. The maximum atomic E-state index is 11.8. The van der Waals surface area contributed by atoms with Crippen LogP contribution in [0.1, 0.15) is 39.0 Å². The number of hydrogen-bond acceptors (Lipinski definition) is 2. The highest BCUT2D eigenvalue weighted by molar-refractivity contribution is 5.76. The molecule has 0 aliphatic heterocycles. The number of rotatable bonds is 5. The molecule has 1 aliphatic rings. The molecule has 0 aromatic carbocycles. The van der Waals surface area contributed by atoms with Crippen LogP contribution in [0.3, 0.4) is 0 Å². The van der Waals surface area contributed by atoms with E-state index in [1.165, 1.54) is 25.7 Å². The summed E-state index contributed by atoms with van der Waals surface area (Å²) in [5, 5.41) is 0. The fourth-order valence-corrected chi connectivity index (χ4v) is 2.26. The molecule has 2 N–H and O–H groups in total. The van der Waals surface area contributed by atoms with Gasteiger partial charge in [0.15, 0.2) is 0 Å². The smallest absolute Gasteiger partial charge is 0.222 e. The van der Waals surface area contributed by atoms with E-state index in [9.17, 15) is 4.79 Å². The molecule has 1 saturated carbocycles. The Labute approximate surface area is 93.0 Å². The van der Waals surface area contributed by atoms with Crippen molar-refractivity contribution < 1.29 is 4.79 Å². The molecular weight excluding hydrogens is 188 g/mol. The Morgan fingerprint density at radius 3 is 2.60 bits per heavy atom. The second-order valence-electron chi connectivity index (χ2n) is 4.97. The van der Waals surface area contributed by atoms with Gasteiger partial charge in [-0.15, -0.1) is 0 Å². The second-order valence-corrected chi connectivity index (χ2v) is 4.97. The second kappa shape index (κ2) is 6.11. The molecule has 1 atom stereocenters. The van der Waals surface area contributed by atoms with Crippen LogP contribution in [0.25, 0.3) is 0 Å². The molecule has 1 rings (SSSR count). The lowest BCUT2D eigenvalue weighted by molar-refractivity contribution is -0.131. The summed E-state index contributed by atoms with van der Waals surface area (Å²) in [5.41, 5.74) is 5.55. The van der Waals surface area contributed by atoms with Crippen molar-refractivity contribution in [3.63, 3.8) is 0 Å². The van der Waals surface area contributed by atoms with E-state index in [4.69, 9.17) is 5.73 Å². The molecule has 3 nitrogen and oxygen atoms in total. The maximum absolute atomic E-state index is 11.8. The third kappa shape index (κ3) is 4.20. The summed E-state index contributed by atoms with van der Waals surface area (Å²) in [5.74, 6) is 1.35. The third-order valence-electron chi connectivity index (χ3n) is 3.35. The molecule has 0 aromatic rings. The van der Waals surface area contributed by atoms with Crippen molar-refractivity contribution in [1.29, 1.82) is 0 Å². The summed E-state index contributed by atoms with van der Waals surface area (Å²) in [6, 6.07) is 0. The van der Waals surface area contributed by atoms with Gasteiger partial charge in [-0.2, -0.15) is 0 Å². The fourth-order valence-electron chi connectivity index (χ4n) is 2.26. The van der Waals surface area contributed by atoms with Crippen LogP contribution in [0.4, 0.5) is 0 Å². The number of carbonyl (C=O) groups excluding carboxylic acids is 1. The van der Waals surface area contributed by atoms with Crippen LogP contribution < -0.4 is 5.73 Å². The molecule has 1 amide bonds. The summed E-state index contributed by atoms with van der Waals surface area (Å²) in [4.78, 5) is 13.7. The van der Waals surface area contributed by atoms with E-state index in [2.05, 4.69) is 6.92 Å². The van der Waals surface area contributed by atoms with Gasteiger partial charge in [0.2, 0.25) is 5.91 Å². The van der Waals surface area contributed by atoms with Gasteiger partial charge in [0.1, 0.15) is 0 Å². The lowest BCUT2D eigenvalue weighted by Gasteiger charge is -2.22. The molecule has 1 fully saturated rings. The first kappa shape index (κ1) is 12.5. The SMILES string of the molecule is CC(CN)CN(C)C(=O)CC1CCCC1. The summed E-state index contributed by atoms with van der Waals surface area (Å²) < 4.78 is 0. The molecule has 0 radical (unpaired) electrons. The number of hydrogen-bond donors (Lipinski definition) is 1. The van der Waals surface area contributed by atoms with Crippen LogP contribution in [0.5, 0.6) is 0 Å². The molecule has 1 unspecified atom stereocenters. The van der Waals surface area contributed by atoms with E-state index >= 15 is 0 Å². The number of amides is 1. The molecule has 15 heavy (non-hydrogen) atoms. The molecular formula is C12H24N2O. The predicted molar refractivity (Wildman–Crippen MR) is 62.4 cm³/mol. The highest BCUT2D eigenvalue weighted by Gasteiger charge is 2.20. The number of nitrogens with two attached hydrogens (primary N) is 1. The van der Waals surface area contributed by atoms with E-state index in [0.717, 1.165) is 13.0 Å². The van der Waals surface area contributed by atoms with Crippen LogP contribution in [0.2, 0.25) is 0 Å². The van der Waals surface area contributed by atoms with Crippen molar-refractivity contribution in [1.82, 2.24) is 4.90 Å². The van der Waals surface area contributed by atoms with Crippen LogP contribution in [0, 0.1) is 11.8 Å². The largest absolute Gasteiger partial charge is 0.345 e. The highest BCUT2D eigenvalue weighted by Crippen LogP contribution is 2.27. The van der Waals surface area contributed by atoms with Gasteiger partial charge in [0.05, 0.1) is 0 Å². The molecule has 0 spiro atoms. The molecule has 88 valence electrons. The van der Waals surface area contributed by atoms with Gasteiger partial charge in [-0.3, -0.25) is 4.79 Å². The lowest BCUT2D eigenvalue weighted by Crippen LogP contribution is -2.34. The Balaban J connectivity index is 2.25. The topological polar surface area (TPSA) is 46.3 Å². The Bertz CT molecular complexity index is 200. The van der Waals surface area contributed by atoms with E-state index in [1.807, 2.05) is 11.9 Å². The lowest BCUT2D eigenvalue weighted by atomic mass is 10.0. The van der Waals surface area contributed by atoms with Crippen LogP contribution in [0.15, 0.2) is 0 Å². The normalized spacial score (nSPS) is 19.1. The molecule has 0 saturated heterocycles. The summed E-state index contributed by atoms with van der Waals surface area (Å²) in [6.07, 6.45) is 5.84. The summed E-state index contributed by atoms with van der Waals surface area (Å²) in [7, 11) is 1.89. The van der Waals surface area contributed by atoms with Gasteiger partial charge in [0, 0.05) is 20.0 Å². The third-order valence-corrected chi connectivity index (χ3v) is 3.35. The highest BCUT2D eigenvalue weighted by atomic mass is 16.2. The average molecular weight is 212 g/mol. The first-order valence-electron chi connectivity index (χ1n) is 6.07. The first-order chi connectivity index (χ1) is 7.13. The minimum Gasteiger partial charge on any atom is -0.345 e. The van der Waals surface area contributed by atoms with E-state index < -0.39 is 0 Å². The Kier molecular flexibility index (Phi) is 5.09. The van der Waals surface area contributed by atoms with Crippen molar-refractivity contribution in [2.24, 2.45) is 17.6 Å². The Hall–Kier alpha value is -0.570. The van der Waals surface area contributed by atoms with Gasteiger partial charge in [-0.05, 0) is 31.2 Å². The summed E-state index contributed by atoms with van der Waals surface area (Å²) >= 11 is 0. The molecule has 0 bridgehead atoms. The van der Waals surface area contributed by atoms with Gasteiger partial charge in [-0.25, -0.2) is 0 Å². The van der Waals surface area contributed by atoms with Gasteiger partial charge in [0.25, 0.3) is 0 Å². The number of carbonyl (C=O) groups is 1. The summed E-state index contributed by atoms with van der Waals surface area (Å²) in [6.45, 7) is 3.53. The van der Waals surface area contributed by atoms with Gasteiger partial charge < -0.3 is 10.6 Å². The molecule has 0 heterocycles. The maximum Gasteiger partial charge on any atom is 0.222 e. The van der Waals surface area contributed by atoms with E-state index in [1.54, 1.807) is 0 Å². The quantitative estimate of drug-likeness (QED) is 0.752. The Morgan fingerprint density at radius 1 is 1.47 bits per heavy atom. The van der Waals surface area contributed by atoms with E-state index in [-0.39, 0.29) is 0 Å². The standard InChI is InChI=1S/C12H24N2O/c1-10(8-13)9-14(2)12(15)7-11-5-3-4-6-11/h10-11H,3-9,13H2,1-2H3. The fraction of sp³-hybridized carbons (Fsp3) is 0.917. The average Bonchev–Trinajstić information content (AvgIpc) is 2.70. The van der Waals surface area contributed by atoms with Crippen LogP contribution >= 0.6 is 0 Å². The zero-order chi connectivity index (χ0) is 11.3.